The molecule has 33 heavy (non-hydrogen) atoms. The van der Waals surface area contributed by atoms with Crippen LogP contribution >= 0.6 is 11.3 Å². The van der Waals surface area contributed by atoms with Gasteiger partial charge in [0.1, 0.15) is 5.00 Å². The third kappa shape index (κ3) is 5.81. The minimum atomic E-state index is -4.01. The summed E-state index contributed by atoms with van der Waals surface area (Å²) < 4.78 is 52.8. The van der Waals surface area contributed by atoms with Gasteiger partial charge in [-0.25, -0.2) is 21.8 Å². The van der Waals surface area contributed by atoms with Crippen molar-refractivity contribution in [1.29, 1.82) is 0 Å². The molecule has 0 atom stereocenters. The third-order valence-electron chi connectivity index (χ3n) is 5.28. The van der Waals surface area contributed by atoms with E-state index in [4.69, 9.17) is 0 Å². The van der Waals surface area contributed by atoms with E-state index in [1.54, 1.807) is 30.3 Å². The van der Waals surface area contributed by atoms with E-state index >= 15 is 0 Å². The van der Waals surface area contributed by atoms with Gasteiger partial charge < -0.3 is 10.2 Å². The fourth-order valence-electron chi connectivity index (χ4n) is 3.27. The number of aromatic nitrogens is 1. The van der Waals surface area contributed by atoms with Crippen molar-refractivity contribution in [1.82, 2.24) is 9.88 Å². The van der Waals surface area contributed by atoms with Gasteiger partial charge in [0.25, 0.3) is 0 Å². The maximum absolute atomic E-state index is 13.4. The van der Waals surface area contributed by atoms with Gasteiger partial charge in [-0.05, 0) is 57.2 Å². The van der Waals surface area contributed by atoms with Crippen LogP contribution in [-0.2, 0) is 19.7 Å². The van der Waals surface area contributed by atoms with Gasteiger partial charge in [-0.2, -0.15) is 0 Å². The van der Waals surface area contributed by atoms with Crippen molar-refractivity contribution < 1.29 is 16.8 Å². The molecule has 3 aromatic rings. The molecule has 0 saturated heterocycles. The molecule has 10 heteroatoms. The summed E-state index contributed by atoms with van der Waals surface area (Å²) in [6.07, 6.45) is 0.782. The van der Waals surface area contributed by atoms with Crippen LogP contribution in [0.2, 0.25) is 0 Å². The molecule has 0 spiro atoms. The number of sulfone groups is 2. The summed E-state index contributed by atoms with van der Waals surface area (Å²) in [6.45, 7) is 9.27. The summed E-state index contributed by atoms with van der Waals surface area (Å²) in [6, 6.07) is 14.4. The molecule has 0 aliphatic heterocycles. The van der Waals surface area contributed by atoms with Crippen LogP contribution in [0.3, 0.4) is 0 Å². The lowest BCUT2D eigenvalue weighted by Crippen LogP contribution is -2.25. The number of hydrogen-bond acceptors (Lipinski definition) is 8. The van der Waals surface area contributed by atoms with Crippen molar-refractivity contribution in [3.63, 3.8) is 0 Å². The molecule has 178 valence electrons. The molecule has 7 nitrogen and oxygen atoms in total. The average molecular weight is 508 g/mol. The van der Waals surface area contributed by atoms with Crippen LogP contribution in [0, 0.1) is 6.92 Å². The second kappa shape index (κ2) is 10.8. The highest BCUT2D eigenvalue weighted by atomic mass is 32.2. The predicted octanol–water partition coefficient (Wildman–Crippen LogP) is 4.26. The molecule has 1 N–H and O–H groups in total. The molecular weight excluding hydrogens is 478 g/mol. The molecule has 1 aromatic heterocycles. The summed E-state index contributed by atoms with van der Waals surface area (Å²) in [4.78, 5) is 6.56. The Kier molecular flexibility index (Phi) is 8.28. The lowest BCUT2D eigenvalue weighted by Gasteiger charge is -2.17. The lowest BCUT2D eigenvalue weighted by molar-refractivity contribution is 0.303. The normalized spacial score (nSPS) is 12.2. The number of thiazole rings is 1. The Morgan fingerprint density at radius 2 is 1.48 bits per heavy atom. The van der Waals surface area contributed by atoms with Crippen LogP contribution in [0.25, 0.3) is 0 Å². The van der Waals surface area contributed by atoms with Crippen molar-refractivity contribution >= 4 is 36.0 Å². The minimum absolute atomic E-state index is 0.0751. The van der Waals surface area contributed by atoms with Crippen molar-refractivity contribution in [2.75, 3.05) is 31.5 Å². The Morgan fingerprint density at radius 1 is 0.879 bits per heavy atom. The highest BCUT2D eigenvalue weighted by Crippen LogP contribution is 2.36. The number of aryl methyl sites for hydroxylation is 1. The van der Waals surface area contributed by atoms with Crippen LogP contribution in [-0.4, -0.2) is 52.9 Å². The zero-order valence-corrected chi connectivity index (χ0v) is 21.4. The van der Waals surface area contributed by atoms with Crippen molar-refractivity contribution in [3.8, 4) is 0 Å². The molecule has 0 saturated carbocycles. The summed E-state index contributed by atoms with van der Waals surface area (Å²) in [7, 11) is -7.96. The summed E-state index contributed by atoms with van der Waals surface area (Å²) in [5, 5.41) is 3.12. The summed E-state index contributed by atoms with van der Waals surface area (Å²) in [5.41, 5.74) is 0.925. The molecule has 1 heterocycles. The fraction of sp³-hybridized carbons (Fsp3) is 0.348. The zero-order valence-electron chi connectivity index (χ0n) is 19.0. The number of hydrogen-bond donors (Lipinski definition) is 1. The Balaban J connectivity index is 1.98. The number of nitrogens with one attached hydrogen (secondary N) is 1. The van der Waals surface area contributed by atoms with Crippen molar-refractivity contribution in [2.24, 2.45) is 0 Å². The standard InChI is InChI=1S/C23H29N3O4S3/c1-4-26(5-2)17-9-16-24-21-22(32(27,28)20-14-12-18(3)13-15-20)25-23(31-21)33(29,30)19-10-7-6-8-11-19/h6-8,10-15,24H,4-5,9,16-17H2,1-3H3. The molecule has 0 aliphatic carbocycles. The predicted molar refractivity (Wildman–Crippen MR) is 132 cm³/mol. The number of anilines is 1. The Morgan fingerprint density at radius 3 is 2.09 bits per heavy atom. The number of rotatable bonds is 11. The van der Waals surface area contributed by atoms with E-state index < -0.39 is 19.7 Å². The lowest BCUT2D eigenvalue weighted by atomic mass is 10.2. The summed E-state index contributed by atoms with van der Waals surface area (Å²) in [5.74, 6) is 0. The van der Waals surface area contributed by atoms with Crippen molar-refractivity contribution in [3.05, 3.63) is 60.2 Å². The van der Waals surface area contributed by atoms with E-state index in [1.165, 1.54) is 24.3 Å². The molecule has 3 rings (SSSR count). The summed E-state index contributed by atoms with van der Waals surface area (Å²) >= 11 is 0.853. The van der Waals surface area contributed by atoms with E-state index in [0.29, 0.717) is 6.54 Å². The first kappa shape index (κ1) is 25.4. The van der Waals surface area contributed by atoms with Gasteiger partial charge in [0.05, 0.1) is 9.79 Å². The van der Waals surface area contributed by atoms with Crippen LogP contribution in [0.1, 0.15) is 25.8 Å². The van der Waals surface area contributed by atoms with Gasteiger partial charge in [-0.15, -0.1) is 0 Å². The molecule has 0 fully saturated rings. The van der Waals surface area contributed by atoms with E-state index in [0.717, 1.165) is 43.0 Å². The van der Waals surface area contributed by atoms with Crippen LogP contribution in [0.4, 0.5) is 5.00 Å². The maximum Gasteiger partial charge on any atom is 0.233 e. The van der Waals surface area contributed by atoms with Gasteiger partial charge in [0.2, 0.25) is 24.0 Å². The molecule has 0 amide bonds. The zero-order chi connectivity index (χ0) is 24.1. The first-order valence-electron chi connectivity index (χ1n) is 10.8. The van der Waals surface area contributed by atoms with Crippen LogP contribution in [0.5, 0.6) is 0 Å². The molecule has 0 radical (unpaired) electrons. The number of benzene rings is 2. The smallest absolute Gasteiger partial charge is 0.233 e. The van der Waals surface area contributed by atoms with E-state index in [9.17, 15) is 16.8 Å². The van der Waals surface area contributed by atoms with E-state index in [1.807, 2.05) is 6.92 Å². The minimum Gasteiger partial charge on any atom is -0.374 e. The van der Waals surface area contributed by atoms with Crippen molar-refractivity contribution in [2.45, 2.75) is 46.3 Å². The largest absolute Gasteiger partial charge is 0.374 e. The maximum atomic E-state index is 13.4. The molecule has 0 bridgehead atoms. The quantitative estimate of drug-likeness (QED) is 0.387. The molecule has 0 aliphatic rings. The Bertz CT molecular complexity index is 1270. The monoisotopic (exact) mass is 507 g/mol. The van der Waals surface area contributed by atoms with Gasteiger partial charge in [-0.1, -0.05) is 61.1 Å². The van der Waals surface area contributed by atoms with Gasteiger partial charge in [-0.3, -0.25) is 0 Å². The second-order valence-corrected chi connectivity index (χ2v) is 12.5. The fourth-order valence-corrected chi connectivity index (χ4v) is 7.61. The van der Waals surface area contributed by atoms with Crippen LogP contribution < -0.4 is 5.32 Å². The third-order valence-corrected chi connectivity index (χ3v) is 10.3. The second-order valence-electron chi connectivity index (χ2n) is 7.55. The molecule has 2 aromatic carbocycles. The van der Waals surface area contributed by atoms with E-state index in [-0.39, 0.29) is 24.2 Å². The van der Waals surface area contributed by atoms with Gasteiger partial charge in [0.15, 0.2) is 5.03 Å². The Labute approximate surface area is 200 Å². The topological polar surface area (TPSA) is 96.4 Å². The first-order chi connectivity index (χ1) is 15.7. The van der Waals surface area contributed by atoms with Crippen LogP contribution in [0.15, 0.2) is 73.8 Å². The highest BCUT2D eigenvalue weighted by molar-refractivity contribution is 7.94. The number of nitrogens with zero attached hydrogens (tertiary/aromatic N) is 2. The van der Waals surface area contributed by atoms with E-state index in [2.05, 4.69) is 29.0 Å². The van der Waals surface area contributed by atoms with Gasteiger partial charge in [0, 0.05) is 6.54 Å². The molecular formula is C23H29N3O4S3. The highest BCUT2D eigenvalue weighted by Gasteiger charge is 2.31. The Hall–Kier alpha value is -2.27. The van der Waals surface area contributed by atoms with Gasteiger partial charge >= 0.3 is 0 Å². The molecule has 0 unspecified atom stereocenters. The first-order valence-corrected chi connectivity index (χ1v) is 14.6. The average Bonchev–Trinajstić information content (AvgIpc) is 3.26. The SMILES string of the molecule is CCN(CC)CCCNc1sc(S(=O)(=O)c2ccccc2)nc1S(=O)(=O)c1ccc(C)cc1.